The summed E-state index contributed by atoms with van der Waals surface area (Å²) in [5, 5.41) is 0. The number of likely N-dealkylation sites (tertiary alicyclic amines) is 2. The largest absolute Gasteiger partial charge is 0.321 e. The van der Waals surface area contributed by atoms with E-state index in [4.69, 9.17) is 0 Å². The molecule has 0 saturated carbocycles. The van der Waals surface area contributed by atoms with Crippen LogP contribution in [-0.4, -0.2) is 58.4 Å². The number of hydrogen-bond acceptors (Lipinski definition) is 3. The van der Waals surface area contributed by atoms with E-state index < -0.39 is 0 Å². The van der Waals surface area contributed by atoms with Crippen LogP contribution >= 0.6 is 0 Å². The molecular weight excluding hydrogens is 288 g/mol. The van der Waals surface area contributed by atoms with E-state index in [0.29, 0.717) is 18.5 Å². The summed E-state index contributed by atoms with van der Waals surface area (Å²) in [6.07, 6.45) is 6.62. The lowest BCUT2D eigenvalue weighted by Gasteiger charge is -2.38. The summed E-state index contributed by atoms with van der Waals surface area (Å²) in [6, 6.07) is 4.73. The average molecular weight is 314 g/mol. The molecule has 0 bridgehead atoms. The molecule has 3 aliphatic rings. The number of pyridine rings is 1. The molecule has 4 rings (SSSR count). The second-order valence-corrected chi connectivity index (χ2v) is 7.29. The molecule has 2 saturated heterocycles. The third kappa shape index (κ3) is 2.82. The predicted octanol–water partition coefficient (Wildman–Crippen LogP) is 2.32. The van der Waals surface area contributed by atoms with Crippen LogP contribution in [0.4, 0.5) is 4.79 Å². The predicted molar refractivity (Wildman–Crippen MR) is 88.8 cm³/mol. The first kappa shape index (κ1) is 14.9. The first-order chi connectivity index (χ1) is 11.2. The monoisotopic (exact) mass is 314 g/mol. The number of rotatable bonds is 1. The average Bonchev–Trinajstić information content (AvgIpc) is 3.21. The minimum atomic E-state index is 0.226. The number of urea groups is 1. The maximum atomic E-state index is 13.0. The van der Waals surface area contributed by atoms with Crippen LogP contribution in [0.15, 0.2) is 18.3 Å². The second kappa shape index (κ2) is 6.11. The van der Waals surface area contributed by atoms with E-state index in [9.17, 15) is 4.79 Å². The topological polar surface area (TPSA) is 39.7 Å². The van der Waals surface area contributed by atoms with Crippen LogP contribution in [0.5, 0.6) is 0 Å². The number of aromatic nitrogens is 1. The zero-order valence-electron chi connectivity index (χ0n) is 13.9. The van der Waals surface area contributed by atoms with Gasteiger partial charge in [-0.1, -0.05) is 6.07 Å². The van der Waals surface area contributed by atoms with Gasteiger partial charge in [-0.3, -0.25) is 4.98 Å². The van der Waals surface area contributed by atoms with Crippen LogP contribution < -0.4 is 0 Å². The van der Waals surface area contributed by atoms with Crippen LogP contribution in [0.2, 0.25) is 0 Å². The highest BCUT2D eigenvalue weighted by Gasteiger charge is 2.38. The van der Waals surface area contributed by atoms with Crippen LogP contribution in [0.1, 0.15) is 36.9 Å². The Hall–Kier alpha value is -1.62. The van der Waals surface area contributed by atoms with Crippen molar-refractivity contribution in [1.29, 1.82) is 0 Å². The first-order valence-corrected chi connectivity index (χ1v) is 8.89. The molecule has 1 aromatic heterocycles. The zero-order chi connectivity index (χ0) is 15.8. The fourth-order valence-electron chi connectivity index (χ4n) is 4.45. The third-order valence-electron chi connectivity index (χ3n) is 5.81. The molecule has 2 amide bonds. The molecule has 23 heavy (non-hydrogen) atoms. The second-order valence-electron chi connectivity index (χ2n) is 7.29. The summed E-state index contributed by atoms with van der Waals surface area (Å²) < 4.78 is 0. The number of fused-ring (bicyclic) bond motifs is 1. The van der Waals surface area contributed by atoms with Crippen LogP contribution in [-0.2, 0) is 13.1 Å². The molecule has 4 heterocycles. The number of carbonyl (C=O) groups excluding carboxylic acids is 1. The van der Waals surface area contributed by atoms with Gasteiger partial charge < -0.3 is 14.7 Å². The van der Waals surface area contributed by atoms with Crippen molar-refractivity contribution in [3.63, 3.8) is 0 Å². The van der Waals surface area contributed by atoms with Gasteiger partial charge in [-0.25, -0.2) is 4.79 Å². The molecule has 0 N–H and O–H groups in total. The van der Waals surface area contributed by atoms with Gasteiger partial charge >= 0.3 is 6.03 Å². The number of nitrogens with zero attached hydrogens (tertiary/aromatic N) is 4. The van der Waals surface area contributed by atoms with Crippen molar-refractivity contribution in [2.75, 3.05) is 26.7 Å². The summed E-state index contributed by atoms with van der Waals surface area (Å²) in [5.41, 5.74) is 2.27. The van der Waals surface area contributed by atoms with Gasteiger partial charge in [-0.15, -0.1) is 0 Å². The molecule has 0 aliphatic carbocycles. The summed E-state index contributed by atoms with van der Waals surface area (Å²) in [4.78, 5) is 24.0. The SMILES string of the molecule is CN1CCC(C2CCCN2C(=O)N2Cc3cccnc3C2)CC1. The van der Waals surface area contributed by atoms with Gasteiger partial charge in [-0.2, -0.15) is 0 Å². The van der Waals surface area contributed by atoms with Gasteiger partial charge in [-0.05, 0) is 63.4 Å². The van der Waals surface area contributed by atoms with Crippen molar-refractivity contribution in [2.24, 2.45) is 5.92 Å². The third-order valence-corrected chi connectivity index (χ3v) is 5.81. The fourth-order valence-corrected chi connectivity index (χ4v) is 4.45. The van der Waals surface area contributed by atoms with E-state index in [2.05, 4.69) is 27.9 Å². The Balaban J connectivity index is 1.44. The van der Waals surface area contributed by atoms with E-state index in [1.165, 1.54) is 37.9 Å². The first-order valence-electron chi connectivity index (χ1n) is 8.89. The highest BCUT2D eigenvalue weighted by atomic mass is 16.2. The number of piperidine rings is 1. The van der Waals surface area contributed by atoms with E-state index in [0.717, 1.165) is 25.2 Å². The molecular formula is C18H26N4O. The van der Waals surface area contributed by atoms with Gasteiger partial charge in [0.05, 0.1) is 12.2 Å². The molecule has 5 heteroatoms. The van der Waals surface area contributed by atoms with E-state index >= 15 is 0 Å². The van der Waals surface area contributed by atoms with Crippen molar-refractivity contribution < 1.29 is 4.79 Å². The Morgan fingerprint density at radius 2 is 2.00 bits per heavy atom. The highest BCUT2D eigenvalue weighted by molar-refractivity contribution is 5.76. The van der Waals surface area contributed by atoms with Crippen molar-refractivity contribution in [3.05, 3.63) is 29.6 Å². The van der Waals surface area contributed by atoms with Gasteiger partial charge in [0.2, 0.25) is 0 Å². The minimum absolute atomic E-state index is 0.226. The normalized spacial score (nSPS) is 25.9. The minimum Gasteiger partial charge on any atom is -0.321 e. The Labute approximate surface area is 138 Å². The molecule has 3 aliphatic heterocycles. The van der Waals surface area contributed by atoms with Crippen molar-refractivity contribution in [3.8, 4) is 0 Å². The molecule has 0 aromatic carbocycles. The molecule has 5 nitrogen and oxygen atoms in total. The summed E-state index contributed by atoms with van der Waals surface area (Å²) in [6.45, 7) is 4.66. The smallest absolute Gasteiger partial charge is 0.320 e. The Morgan fingerprint density at radius 1 is 1.17 bits per heavy atom. The lowest BCUT2D eigenvalue weighted by Crippen LogP contribution is -2.48. The summed E-state index contributed by atoms with van der Waals surface area (Å²) in [5.74, 6) is 0.681. The van der Waals surface area contributed by atoms with Crippen molar-refractivity contribution in [2.45, 2.75) is 44.8 Å². The zero-order valence-corrected chi connectivity index (χ0v) is 13.9. The summed E-state index contributed by atoms with van der Waals surface area (Å²) in [7, 11) is 2.20. The van der Waals surface area contributed by atoms with Crippen LogP contribution in [0.25, 0.3) is 0 Å². The summed E-state index contributed by atoms with van der Waals surface area (Å²) >= 11 is 0. The molecule has 0 spiro atoms. The lowest BCUT2D eigenvalue weighted by atomic mass is 9.88. The van der Waals surface area contributed by atoms with Crippen molar-refractivity contribution in [1.82, 2.24) is 19.7 Å². The Morgan fingerprint density at radius 3 is 2.78 bits per heavy atom. The molecule has 0 radical (unpaired) electrons. The highest BCUT2D eigenvalue weighted by Crippen LogP contribution is 2.33. The van der Waals surface area contributed by atoms with Crippen molar-refractivity contribution >= 4 is 6.03 Å². The molecule has 1 aromatic rings. The molecule has 2 fully saturated rings. The number of carbonyl (C=O) groups is 1. The van der Waals surface area contributed by atoms with Gasteiger partial charge in [0.1, 0.15) is 0 Å². The quantitative estimate of drug-likeness (QED) is 0.799. The Bertz CT molecular complexity index is 557. The van der Waals surface area contributed by atoms with Gasteiger partial charge in [0, 0.05) is 25.3 Å². The van der Waals surface area contributed by atoms with Crippen LogP contribution in [0, 0.1) is 5.92 Å². The number of amides is 2. The molecule has 1 unspecified atom stereocenters. The Kier molecular flexibility index (Phi) is 3.97. The van der Waals surface area contributed by atoms with E-state index in [1.54, 1.807) is 0 Å². The van der Waals surface area contributed by atoms with E-state index in [-0.39, 0.29) is 6.03 Å². The van der Waals surface area contributed by atoms with E-state index in [1.807, 2.05) is 17.2 Å². The maximum Gasteiger partial charge on any atom is 0.320 e. The van der Waals surface area contributed by atoms with Gasteiger partial charge in [0.15, 0.2) is 0 Å². The van der Waals surface area contributed by atoms with Crippen LogP contribution in [0.3, 0.4) is 0 Å². The maximum absolute atomic E-state index is 13.0. The van der Waals surface area contributed by atoms with Gasteiger partial charge in [0.25, 0.3) is 0 Å². The number of hydrogen-bond donors (Lipinski definition) is 0. The standard InChI is InChI=1S/C18H26N4O/c1-20-10-6-14(7-11-20)17-5-3-9-22(17)18(23)21-12-15-4-2-8-19-16(15)13-21/h2,4,8,14,17H,3,5-7,9-13H2,1H3. The molecule has 1 atom stereocenters. The fraction of sp³-hybridized carbons (Fsp3) is 0.667. The molecule has 124 valence electrons. The lowest BCUT2D eigenvalue weighted by molar-refractivity contribution is 0.109.